The maximum absolute atomic E-state index is 12.6. The number of hydrogen-bond donors (Lipinski definition) is 0. The highest BCUT2D eigenvalue weighted by molar-refractivity contribution is 6.74. The van der Waals surface area contributed by atoms with E-state index >= 15 is 0 Å². The van der Waals surface area contributed by atoms with Crippen molar-refractivity contribution in [3.8, 4) is 5.75 Å². The molecule has 5 heteroatoms. The van der Waals surface area contributed by atoms with E-state index < -0.39 is 20.0 Å². The number of carbonyl (C=O) groups is 1. The number of esters is 1. The Morgan fingerprint density at radius 1 is 1.04 bits per heavy atom. The molecule has 0 heterocycles. The molecular formula is C19H32O4Si. The van der Waals surface area contributed by atoms with E-state index in [0.717, 1.165) is 0 Å². The Morgan fingerprint density at radius 2 is 1.58 bits per heavy atom. The molecule has 1 rings (SSSR count). The quantitative estimate of drug-likeness (QED) is 0.545. The monoisotopic (exact) mass is 352 g/mol. The highest BCUT2D eigenvalue weighted by atomic mass is 28.4. The molecule has 0 saturated carbocycles. The third kappa shape index (κ3) is 6.65. The Hall–Kier alpha value is -1.33. The Kier molecular flexibility index (Phi) is 6.65. The molecule has 0 aliphatic carbocycles. The van der Waals surface area contributed by atoms with Gasteiger partial charge in [0.15, 0.2) is 14.4 Å². The third-order valence-electron chi connectivity index (χ3n) is 4.06. The summed E-state index contributed by atoms with van der Waals surface area (Å²) < 4.78 is 17.6. The van der Waals surface area contributed by atoms with Crippen molar-refractivity contribution >= 4 is 14.3 Å². The second-order valence-electron chi connectivity index (χ2n) is 8.52. The van der Waals surface area contributed by atoms with E-state index in [4.69, 9.17) is 13.9 Å². The van der Waals surface area contributed by atoms with Gasteiger partial charge in [-0.15, -0.1) is 0 Å². The Morgan fingerprint density at radius 3 is 2.04 bits per heavy atom. The molecule has 0 bridgehead atoms. The van der Waals surface area contributed by atoms with E-state index in [1.807, 2.05) is 51.1 Å². The van der Waals surface area contributed by atoms with Crippen molar-refractivity contribution in [2.45, 2.75) is 71.4 Å². The van der Waals surface area contributed by atoms with E-state index in [0.29, 0.717) is 5.75 Å². The molecule has 136 valence electrons. The maximum atomic E-state index is 12.6. The predicted molar refractivity (Wildman–Crippen MR) is 99.9 cm³/mol. The lowest BCUT2D eigenvalue weighted by atomic mass is 10.2. The number of carbonyl (C=O) groups excluding carboxylic acids is 1. The molecule has 24 heavy (non-hydrogen) atoms. The Bertz CT molecular complexity index is 527. The van der Waals surface area contributed by atoms with Gasteiger partial charge in [0, 0.05) is 0 Å². The first-order chi connectivity index (χ1) is 10.8. The van der Waals surface area contributed by atoms with Gasteiger partial charge in [0.2, 0.25) is 0 Å². The summed E-state index contributed by atoms with van der Waals surface area (Å²) in [4.78, 5) is 12.6. The molecule has 0 amide bonds. The molecule has 0 fully saturated rings. The van der Waals surface area contributed by atoms with Crippen LogP contribution in [0.15, 0.2) is 30.3 Å². The SMILES string of the molecule is CC(C)(C)OC(=O)C(COc1ccccc1)O[Si](C)(C)C(C)(C)C. The van der Waals surface area contributed by atoms with E-state index in [-0.39, 0.29) is 17.6 Å². The third-order valence-corrected chi connectivity index (χ3v) is 8.54. The molecule has 0 N–H and O–H groups in total. The number of benzene rings is 1. The maximum Gasteiger partial charge on any atom is 0.338 e. The van der Waals surface area contributed by atoms with Gasteiger partial charge in [-0.2, -0.15) is 0 Å². The zero-order chi connectivity index (χ0) is 18.6. The normalized spacial score (nSPS) is 14.2. The van der Waals surface area contributed by atoms with Crippen LogP contribution >= 0.6 is 0 Å². The van der Waals surface area contributed by atoms with Crippen LogP contribution in [0.3, 0.4) is 0 Å². The molecule has 1 unspecified atom stereocenters. The van der Waals surface area contributed by atoms with Crippen molar-refractivity contribution in [1.29, 1.82) is 0 Å². The van der Waals surface area contributed by atoms with Crippen molar-refractivity contribution < 1.29 is 18.7 Å². The fourth-order valence-corrected chi connectivity index (χ4v) is 2.97. The van der Waals surface area contributed by atoms with Gasteiger partial charge in [-0.3, -0.25) is 0 Å². The second kappa shape index (κ2) is 7.70. The summed E-state index contributed by atoms with van der Waals surface area (Å²) >= 11 is 0. The van der Waals surface area contributed by atoms with E-state index in [1.54, 1.807) is 0 Å². The first-order valence-electron chi connectivity index (χ1n) is 8.40. The summed E-state index contributed by atoms with van der Waals surface area (Å²) in [5.41, 5.74) is -0.557. The summed E-state index contributed by atoms with van der Waals surface area (Å²) in [5.74, 6) is 0.341. The molecule has 0 spiro atoms. The van der Waals surface area contributed by atoms with Crippen molar-refractivity contribution in [3.05, 3.63) is 30.3 Å². The molecule has 1 aromatic rings. The van der Waals surface area contributed by atoms with Gasteiger partial charge in [-0.05, 0) is 51.0 Å². The van der Waals surface area contributed by atoms with Crippen LogP contribution in [0, 0.1) is 0 Å². The van der Waals surface area contributed by atoms with Gasteiger partial charge in [0.05, 0.1) is 0 Å². The average molecular weight is 353 g/mol. The fraction of sp³-hybridized carbons (Fsp3) is 0.632. The fourth-order valence-electron chi connectivity index (χ4n) is 1.74. The first kappa shape index (κ1) is 20.7. The minimum absolute atomic E-state index is 0.00000933. The smallest absolute Gasteiger partial charge is 0.338 e. The van der Waals surface area contributed by atoms with Crippen LogP contribution in [0.4, 0.5) is 0 Å². The Labute approximate surface area is 147 Å². The zero-order valence-corrected chi connectivity index (χ0v) is 17.3. The van der Waals surface area contributed by atoms with Crippen LogP contribution in [0.2, 0.25) is 18.1 Å². The lowest BCUT2D eigenvalue weighted by molar-refractivity contribution is -0.165. The minimum atomic E-state index is -2.13. The number of rotatable bonds is 6. The van der Waals surface area contributed by atoms with Crippen LogP contribution < -0.4 is 4.74 Å². The van der Waals surface area contributed by atoms with E-state index in [1.165, 1.54) is 0 Å². The summed E-state index contributed by atoms with van der Waals surface area (Å²) in [7, 11) is -2.13. The van der Waals surface area contributed by atoms with E-state index in [9.17, 15) is 4.79 Å². The average Bonchev–Trinajstić information content (AvgIpc) is 2.41. The van der Waals surface area contributed by atoms with E-state index in [2.05, 4.69) is 33.9 Å². The summed E-state index contributed by atoms with van der Waals surface area (Å²) in [6.45, 7) is 16.4. The van der Waals surface area contributed by atoms with Gasteiger partial charge in [-0.25, -0.2) is 4.79 Å². The van der Waals surface area contributed by atoms with Crippen LogP contribution in [0.25, 0.3) is 0 Å². The molecule has 0 aliphatic heterocycles. The van der Waals surface area contributed by atoms with Gasteiger partial charge in [-0.1, -0.05) is 39.0 Å². The number of para-hydroxylation sites is 1. The molecule has 1 aromatic carbocycles. The highest BCUT2D eigenvalue weighted by Gasteiger charge is 2.42. The van der Waals surface area contributed by atoms with Gasteiger partial charge >= 0.3 is 5.97 Å². The summed E-state index contributed by atoms with van der Waals surface area (Å²) in [6.07, 6.45) is -0.731. The summed E-state index contributed by atoms with van der Waals surface area (Å²) in [6, 6.07) is 9.43. The Balaban J connectivity index is 2.88. The van der Waals surface area contributed by atoms with Crippen molar-refractivity contribution in [1.82, 2.24) is 0 Å². The van der Waals surface area contributed by atoms with Gasteiger partial charge in [0.25, 0.3) is 0 Å². The van der Waals surface area contributed by atoms with Gasteiger partial charge < -0.3 is 13.9 Å². The molecule has 0 aliphatic rings. The minimum Gasteiger partial charge on any atom is -0.490 e. The first-order valence-corrected chi connectivity index (χ1v) is 11.3. The molecule has 0 saturated heterocycles. The zero-order valence-electron chi connectivity index (χ0n) is 16.3. The highest BCUT2D eigenvalue weighted by Crippen LogP contribution is 2.37. The lowest BCUT2D eigenvalue weighted by Gasteiger charge is -2.38. The van der Waals surface area contributed by atoms with Crippen molar-refractivity contribution in [2.75, 3.05) is 6.61 Å². The predicted octanol–water partition coefficient (Wildman–Crippen LogP) is 4.80. The van der Waals surface area contributed by atoms with Gasteiger partial charge in [0.1, 0.15) is 18.0 Å². The number of hydrogen-bond acceptors (Lipinski definition) is 4. The molecule has 0 aromatic heterocycles. The largest absolute Gasteiger partial charge is 0.490 e. The standard InChI is InChI=1S/C19H32O4Si/c1-18(2,3)22-17(20)16(23-24(7,8)19(4,5)6)14-21-15-12-10-9-11-13-15/h9-13,16H,14H2,1-8H3. The molecule has 0 radical (unpaired) electrons. The second-order valence-corrected chi connectivity index (χ2v) is 13.3. The van der Waals surface area contributed by atoms with Crippen LogP contribution in [0.5, 0.6) is 5.75 Å². The number of ether oxygens (including phenoxy) is 2. The molecular weight excluding hydrogens is 320 g/mol. The topological polar surface area (TPSA) is 44.8 Å². The molecule has 4 nitrogen and oxygen atoms in total. The van der Waals surface area contributed by atoms with Crippen LogP contribution in [-0.4, -0.2) is 32.6 Å². The molecule has 1 atom stereocenters. The lowest BCUT2D eigenvalue weighted by Crippen LogP contribution is -2.49. The van der Waals surface area contributed by atoms with Crippen LogP contribution in [-0.2, 0) is 14.0 Å². The summed E-state index contributed by atoms with van der Waals surface area (Å²) in [5, 5.41) is 0.00000933. The van der Waals surface area contributed by atoms with Crippen molar-refractivity contribution in [3.63, 3.8) is 0 Å². The van der Waals surface area contributed by atoms with Crippen LogP contribution in [0.1, 0.15) is 41.5 Å². The van der Waals surface area contributed by atoms with Crippen molar-refractivity contribution in [2.24, 2.45) is 0 Å².